The number of nitrogens with one attached hydrogen (secondary N) is 1. The average molecular weight is 183 g/mol. The Morgan fingerprint density at radius 1 is 1.14 bits per heavy atom. The van der Waals surface area contributed by atoms with Crippen molar-refractivity contribution in [3.05, 3.63) is 34.8 Å². The molecule has 14 heavy (non-hydrogen) atoms. The van der Waals surface area contributed by atoms with E-state index in [0.717, 1.165) is 32.6 Å². The van der Waals surface area contributed by atoms with Crippen molar-refractivity contribution in [2.45, 2.75) is 0 Å². The third-order valence-corrected chi connectivity index (χ3v) is 2.51. The lowest BCUT2D eigenvalue weighted by molar-refractivity contribution is 0.667. The molecule has 0 bridgehead atoms. The minimum atomic E-state index is 0.816. The molecular weight excluding hydrogens is 174 g/mol. The molecule has 1 N–H and O–H groups in total. The predicted octanol–water partition coefficient (Wildman–Crippen LogP) is 1.73. The third kappa shape index (κ3) is 0.752. The second kappa shape index (κ2) is 2.29. The van der Waals surface area contributed by atoms with E-state index < -0.39 is 0 Å². The van der Waals surface area contributed by atoms with Gasteiger partial charge < -0.3 is 9.40 Å². The van der Waals surface area contributed by atoms with Gasteiger partial charge in [0, 0.05) is 16.0 Å². The Hall–Kier alpha value is -1.96. The SMILES string of the molecule is C=c1[nH]c2c(oc3ccccc32)c1=C. The number of hydrogen-bond acceptors (Lipinski definition) is 1. The molecule has 2 nitrogen and oxygen atoms in total. The lowest BCUT2D eigenvalue weighted by Crippen LogP contribution is -2.18. The van der Waals surface area contributed by atoms with E-state index in [1.165, 1.54) is 0 Å². The molecule has 2 heteroatoms. The van der Waals surface area contributed by atoms with Crippen molar-refractivity contribution in [3.8, 4) is 0 Å². The highest BCUT2D eigenvalue weighted by Crippen LogP contribution is 2.23. The zero-order valence-electron chi connectivity index (χ0n) is 7.63. The number of furan rings is 1. The van der Waals surface area contributed by atoms with Crippen LogP contribution in [0.5, 0.6) is 0 Å². The maximum absolute atomic E-state index is 5.67. The Balaban J connectivity index is 2.74. The van der Waals surface area contributed by atoms with Crippen LogP contribution in [0.15, 0.2) is 28.7 Å². The molecule has 2 aromatic heterocycles. The van der Waals surface area contributed by atoms with Crippen LogP contribution in [0.1, 0.15) is 0 Å². The first-order chi connectivity index (χ1) is 6.77. The van der Waals surface area contributed by atoms with Gasteiger partial charge in [-0.15, -0.1) is 0 Å². The first kappa shape index (κ1) is 7.44. The van der Waals surface area contributed by atoms with Gasteiger partial charge in [0.05, 0.1) is 5.52 Å². The molecule has 3 rings (SSSR count). The van der Waals surface area contributed by atoms with Crippen LogP contribution >= 0.6 is 0 Å². The minimum Gasteiger partial charge on any atom is -0.454 e. The Kier molecular flexibility index (Phi) is 1.22. The van der Waals surface area contributed by atoms with Gasteiger partial charge in [0.2, 0.25) is 0 Å². The average Bonchev–Trinajstić information content (AvgIpc) is 2.67. The second-order valence-corrected chi connectivity index (χ2v) is 3.38. The zero-order valence-corrected chi connectivity index (χ0v) is 7.63. The van der Waals surface area contributed by atoms with E-state index in [0.29, 0.717) is 0 Å². The minimum absolute atomic E-state index is 0.816. The molecule has 0 unspecified atom stereocenters. The Labute approximate surface area is 80.1 Å². The highest BCUT2D eigenvalue weighted by atomic mass is 16.3. The van der Waals surface area contributed by atoms with Crippen molar-refractivity contribution in [2.75, 3.05) is 0 Å². The number of fused-ring (bicyclic) bond motifs is 3. The quantitative estimate of drug-likeness (QED) is 0.565. The van der Waals surface area contributed by atoms with Gasteiger partial charge >= 0.3 is 0 Å². The van der Waals surface area contributed by atoms with Gasteiger partial charge in [0.1, 0.15) is 5.58 Å². The van der Waals surface area contributed by atoms with Crippen LogP contribution in [0, 0.1) is 0 Å². The fraction of sp³-hybridized carbons (Fsp3) is 0. The van der Waals surface area contributed by atoms with E-state index >= 15 is 0 Å². The molecule has 0 aliphatic carbocycles. The van der Waals surface area contributed by atoms with Crippen LogP contribution in [0.3, 0.4) is 0 Å². The van der Waals surface area contributed by atoms with Crippen LogP contribution in [0.4, 0.5) is 0 Å². The maximum atomic E-state index is 5.67. The van der Waals surface area contributed by atoms with E-state index in [2.05, 4.69) is 18.1 Å². The number of hydrogen-bond donors (Lipinski definition) is 1. The monoisotopic (exact) mass is 183 g/mol. The van der Waals surface area contributed by atoms with E-state index in [4.69, 9.17) is 4.42 Å². The van der Waals surface area contributed by atoms with Gasteiger partial charge in [0.25, 0.3) is 0 Å². The van der Waals surface area contributed by atoms with Crippen LogP contribution in [-0.2, 0) is 0 Å². The van der Waals surface area contributed by atoms with E-state index in [9.17, 15) is 0 Å². The number of aromatic amines is 1. The summed E-state index contributed by atoms with van der Waals surface area (Å²) in [4.78, 5) is 3.18. The van der Waals surface area contributed by atoms with Crippen molar-refractivity contribution >= 4 is 35.2 Å². The largest absolute Gasteiger partial charge is 0.454 e. The molecule has 2 heterocycles. The topological polar surface area (TPSA) is 28.9 Å². The summed E-state index contributed by atoms with van der Waals surface area (Å²) >= 11 is 0. The molecule has 0 saturated heterocycles. The van der Waals surface area contributed by atoms with Crippen molar-refractivity contribution < 1.29 is 4.42 Å². The molecule has 0 saturated carbocycles. The Bertz CT molecular complexity index is 718. The normalized spacial score (nSPS) is 11.4. The molecular formula is C12H9NO. The van der Waals surface area contributed by atoms with Crippen LogP contribution < -0.4 is 10.6 Å². The zero-order chi connectivity index (χ0) is 9.71. The summed E-state index contributed by atoms with van der Waals surface area (Å²) in [6.45, 7) is 7.77. The Morgan fingerprint density at radius 3 is 2.79 bits per heavy atom. The van der Waals surface area contributed by atoms with Crippen LogP contribution in [0.25, 0.3) is 35.2 Å². The summed E-state index contributed by atoms with van der Waals surface area (Å²) in [7, 11) is 0. The third-order valence-electron chi connectivity index (χ3n) is 2.51. The van der Waals surface area contributed by atoms with Gasteiger partial charge in [-0.2, -0.15) is 0 Å². The van der Waals surface area contributed by atoms with Gasteiger partial charge in [-0.1, -0.05) is 25.3 Å². The summed E-state index contributed by atoms with van der Waals surface area (Å²) in [6.07, 6.45) is 0. The lowest BCUT2D eigenvalue weighted by Gasteiger charge is -1.84. The van der Waals surface area contributed by atoms with Crippen LogP contribution in [0.2, 0.25) is 0 Å². The maximum Gasteiger partial charge on any atom is 0.160 e. The van der Waals surface area contributed by atoms with Crippen LogP contribution in [-0.4, -0.2) is 4.98 Å². The summed E-state index contributed by atoms with van der Waals surface area (Å²) in [5, 5.41) is 2.75. The smallest absolute Gasteiger partial charge is 0.160 e. The Morgan fingerprint density at radius 2 is 1.93 bits per heavy atom. The molecule has 0 aliphatic rings. The molecule has 0 aliphatic heterocycles. The fourth-order valence-electron chi connectivity index (χ4n) is 1.75. The highest BCUT2D eigenvalue weighted by molar-refractivity contribution is 6.02. The van der Waals surface area contributed by atoms with Gasteiger partial charge in [-0.05, 0) is 12.1 Å². The molecule has 0 radical (unpaired) electrons. The first-order valence-corrected chi connectivity index (χ1v) is 4.44. The van der Waals surface area contributed by atoms with Crippen molar-refractivity contribution in [1.29, 1.82) is 0 Å². The van der Waals surface area contributed by atoms with Crippen molar-refractivity contribution in [2.24, 2.45) is 0 Å². The van der Waals surface area contributed by atoms with Gasteiger partial charge in [0.15, 0.2) is 5.58 Å². The van der Waals surface area contributed by atoms with E-state index in [1.54, 1.807) is 0 Å². The molecule has 0 fully saturated rings. The molecule has 68 valence electrons. The highest BCUT2D eigenvalue weighted by Gasteiger charge is 2.07. The molecule has 0 amide bonds. The summed E-state index contributed by atoms with van der Waals surface area (Å²) in [5.74, 6) is 0. The number of benzene rings is 1. The number of rotatable bonds is 0. The lowest BCUT2D eigenvalue weighted by atomic mass is 10.2. The first-order valence-electron chi connectivity index (χ1n) is 4.44. The molecule has 1 aromatic carbocycles. The summed E-state index contributed by atoms with van der Waals surface area (Å²) < 4.78 is 5.67. The molecule has 0 atom stereocenters. The van der Waals surface area contributed by atoms with Gasteiger partial charge in [-0.25, -0.2) is 0 Å². The summed E-state index contributed by atoms with van der Waals surface area (Å²) in [5.41, 5.74) is 2.70. The molecule has 3 aromatic rings. The number of para-hydroxylation sites is 1. The number of H-pyrrole nitrogens is 1. The van der Waals surface area contributed by atoms with Gasteiger partial charge in [-0.3, -0.25) is 0 Å². The number of aromatic nitrogens is 1. The van der Waals surface area contributed by atoms with Crippen molar-refractivity contribution in [3.63, 3.8) is 0 Å². The van der Waals surface area contributed by atoms with Crippen molar-refractivity contribution in [1.82, 2.24) is 4.98 Å². The second-order valence-electron chi connectivity index (χ2n) is 3.38. The van der Waals surface area contributed by atoms with E-state index in [-0.39, 0.29) is 0 Å². The standard InChI is InChI=1S/C12H9NO/c1-7-8(2)13-11-9-5-3-4-6-10(9)14-12(7)11/h3-6,13H,1-2H2. The molecule has 0 spiro atoms. The predicted molar refractivity (Wildman–Crippen MR) is 58.4 cm³/mol. The summed E-state index contributed by atoms with van der Waals surface area (Å²) in [6, 6.07) is 7.92. The van der Waals surface area contributed by atoms with E-state index in [1.807, 2.05) is 24.3 Å². The fourth-order valence-corrected chi connectivity index (χ4v) is 1.75.